The van der Waals surface area contributed by atoms with E-state index < -0.39 is 0 Å². The van der Waals surface area contributed by atoms with Gasteiger partial charge in [0.1, 0.15) is 0 Å². The largest absolute Gasteiger partial charge is 0.308 e. The highest BCUT2D eigenvalue weighted by atomic mass is 15.2. The van der Waals surface area contributed by atoms with Crippen molar-refractivity contribution < 1.29 is 0 Å². The van der Waals surface area contributed by atoms with Gasteiger partial charge in [-0.2, -0.15) is 9.97 Å². The standard InChI is InChI=1S/C57H35N5/c1-3-17-36(18-4-1)38-21-15-22-39(35-38)56-58-55(37-19-5-2-6-20-37)59-57(60-56)62-49-31-14-12-28-47(49)53-51(62)34-33-46-43-26-11-13-30-48(43)61(54(46)53)50-32-16-29-45-42-24-8-7-23-40(42)41-25-9-10-27-44(41)52(45)50/h1-35H. The van der Waals surface area contributed by atoms with Gasteiger partial charge in [0.15, 0.2) is 11.6 Å². The van der Waals surface area contributed by atoms with Gasteiger partial charge < -0.3 is 4.57 Å². The minimum absolute atomic E-state index is 0.565. The van der Waals surface area contributed by atoms with E-state index in [0.717, 1.165) is 60.8 Å². The van der Waals surface area contributed by atoms with Gasteiger partial charge in [0.2, 0.25) is 5.95 Å². The Morgan fingerprint density at radius 2 is 0.774 bits per heavy atom. The van der Waals surface area contributed by atoms with E-state index in [9.17, 15) is 0 Å². The van der Waals surface area contributed by atoms with Crippen LogP contribution in [0.15, 0.2) is 212 Å². The average molecular weight is 790 g/mol. The van der Waals surface area contributed by atoms with Gasteiger partial charge in [-0.3, -0.25) is 4.57 Å². The van der Waals surface area contributed by atoms with Crippen LogP contribution in [0.2, 0.25) is 0 Å². The van der Waals surface area contributed by atoms with Crippen LogP contribution in [0.3, 0.4) is 0 Å². The fourth-order valence-electron chi connectivity index (χ4n) is 9.88. The average Bonchev–Trinajstić information content (AvgIpc) is 3.87. The van der Waals surface area contributed by atoms with Gasteiger partial charge in [-0.1, -0.05) is 182 Å². The van der Waals surface area contributed by atoms with E-state index in [0.29, 0.717) is 17.6 Å². The lowest BCUT2D eigenvalue weighted by Gasteiger charge is -2.17. The van der Waals surface area contributed by atoms with Gasteiger partial charge in [-0.25, -0.2) is 4.98 Å². The molecule has 0 aliphatic carbocycles. The highest BCUT2D eigenvalue weighted by Crippen LogP contribution is 2.45. The molecule has 0 aliphatic rings. The number of benzene rings is 10. The third-order valence-corrected chi connectivity index (χ3v) is 12.5. The van der Waals surface area contributed by atoms with Crippen LogP contribution in [0.4, 0.5) is 0 Å². The van der Waals surface area contributed by atoms with Crippen LogP contribution in [0, 0.1) is 0 Å². The van der Waals surface area contributed by atoms with Gasteiger partial charge in [0.25, 0.3) is 0 Å². The molecule has 288 valence electrons. The number of nitrogens with zero attached hydrogens (tertiary/aromatic N) is 5. The number of aromatic nitrogens is 5. The van der Waals surface area contributed by atoms with Crippen LogP contribution in [0.25, 0.3) is 121 Å². The van der Waals surface area contributed by atoms with E-state index in [2.05, 4.69) is 197 Å². The molecule has 0 spiro atoms. The fraction of sp³-hybridized carbons (Fsp3) is 0. The lowest BCUT2D eigenvalue weighted by molar-refractivity contribution is 0.953. The SMILES string of the molecule is c1ccc(-c2cccc(-c3nc(-c4ccccc4)nc(-n4c5ccccc5c5c4ccc4c6ccccc6n(-c6cccc7c8ccccc8c8ccccc8c67)c45)n3)c2)cc1. The van der Waals surface area contributed by atoms with Gasteiger partial charge in [0, 0.05) is 38.1 Å². The molecule has 0 N–H and O–H groups in total. The molecule has 0 radical (unpaired) electrons. The molecule has 0 aliphatic heterocycles. The lowest BCUT2D eigenvalue weighted by atomic mass is 9.93. The summed E-state index contributed by atoms with van der Waals surface area (Å²) in [5, 5.41) is 12.1. The summed E-state index contributed by atoms with van der Waals surface area (Å²) in [5.41, 5.74) is 9.59. The predicted octanol–water partition coefficient (Wildman–Crippen LogP) is 14.5. The molecule has 10 aromatic carbocycles. The van der Waals surface area contributed by atoms with Crippen molar-refractivity contribution >= 4 is 75.9 Å². The summed E-state index contributed by atoms with van der Waals surface area (Å²) in [6, 6.07) is 75.6. The summed E-state index contributed by atoms with van der Waals surface area (Å²) < 4.78 is 4.74. The second-order valence-corrected chi connectivity index (χ2v) is 15.9. The molecule has 3 aromatic heterocycles. The number of hydrogen-bond acceptors (Lipinski definition) is 3. The van der Waals surface area contributed by atoms with Crippen molar-refractivity contribution in [3.05, 3.63) is 212 Å². The van der Waals surface area contributed by atoms with Crippen molar-refractivity contribution in [3.8, 4) is 45.5 Å². The lowest BCUT2D eigenvalue weighted by Crippen LogP contribution is -2.06. The summed E-state index contributed by atoms with van der Waals surface area (Å²) >= 11 is 0. The first kappa shape index (κ1) is 34.5. The predicted molar refractivity (Wildman–Crippen MR) is 257 cm³/mol. The van der Waals surface area contributed by atoms with Crippen LogP contribution < -0.4 is 0 Å². The van der Waals surface area contributed by atoms with Crippen LogP contribution in [-0.4, -0.2) is 24.1 Å². The zero-order chi connectivity index (χ0) is 40.7. The van der Waals surface area contributed by atoms with Crippen LogP contribution in [0.1, 0.15) is 0 Å². The number of fused-ring (bicyclic) bond motifs is 13. The Labute approximate surface area is 356 Å². The summed E-state index contributed by atoms with van der Waals surface area (Å²) in [4.78, 5) is 15.8. The van der Waals surface area contributed by atoms with Gasteiger partial charge >= 0.3 is 0 Å². The smallest absolute Gasteiger partial charge is 0.238 e. The number of rotatable bonds is 5. The van der Waals surface area contributed by atoms with Crippen LogP contribution >= 0.6 is 0 Å². The topological polar surface area (TPSA) is 48.5 Å². The minimum atomic E-state index is 0.565. The molecular formula is C57H35N5. The maximum absolute atomic E-state index is 5.35. The molecule has 0 fully saturated rings. The first-order chi connectivity index (χ1) is 30.8. The van der Waals surface area contributed by atoms with Crippen molar-refractivity contribution in [2.24, 2.45) is 0 Å². The van der Waals surface area contributed by atoms with E-state index in [-0.39, 0.29) is 0 Å². The summed E-state index contributed by atoms with van der Waals surface area (Å²) in [7, 11) is 0. The first-order valence-corrected chi connectivity index (χ1v) is 21.0. The highest BCUT2D eigenvalue weighted by molar-refractivity contribution is 6.30. The molecule has 0 atom stereocenters. The third kappa shape index (κ3) is 5.12. The Hall–Kier alpha value is -8.41. The molecule has 0 bridgehead atoms. The number of hydrogen-bond donors (Lipinski definition) is 0. The third-order valence-electron chi connectivity index (χ3n) is 12.5. The van der Waals surface area contributed by atoms with E-state index >= 15 is 0 Å². The molecule has 3 heterocycles. The maximum Gasteiger partial charge on any atom is 0.238 e. The molecule has 13 aromatic rings. The van der Waals surface area contributed by atoms with E-state index in [4.69, 9.17) is 15.0 Å². The zero-order valence-electron chi connectivity index (χ0n) is 33.4. The van der Waals surface area contributed by atoms with Crippen molar-refractivity contribution in [2.45, 2.75) is 0 Å². The molecular weight excluding hydrogens is 755 g/mol. The quantitative estimate of drug-likeness (QED) is 0.163. The van der Waals surface area contributed by atoms with Crippen molar-refractivity contribution in [1.82, 2.24) is 24.1 Å². The Morgan fingerprint density at radius 1 is 0.274 bits per heavy atom. The molecule has 0 amide bonds. The summed E-state index contributed by atoms with van der Waals surface area (Å²) in [6.07, 6.45) is 0. The molecule has 0 unspecified atom stereocenters. The molecule has 0 saturated heterocycles. The Balaban J connectivity index is 1.14. The summed E-state index contributed by atoms with van der Waals surface area (Å²) in [6.45, 7) is 0. The van der Waals surface area contributed by atoms with E-state index in [1.165, 1.54) is 43.1 Å². The first-order valence-electron chi connectivity index (χ1n) is 21.0. The molecule has 0 saturated carbocycles. The zero-order valence-corrected chi connectivity index (χ0v) is 33.4. The highest BCUT2D eigenvalue weighted by Gasteiger charge is 2.24. The minimum Gasteiger partial charge on any atom is -0.308 e. The van der Waals surface area contributed by atoms with Crippen molar-refractivity contribution in [3.63, 3.8) is 0 Å². The maximum atomic E-state index is 5.35. The fourth-order valence-corrected chi connectivity index (χ4v) is 9.88. The monoisotopic (exact) mass is 789 g/mol. The van der Waals surface area contributed by atoms with Crippen LogP contribution in [-0.2, 0) is 0 Å². The van der Waals surface area contributed by atoms with Crippen LogP contribution in [0.5, 0.6) is 0 Å². The molecule has 5 nitrogen and oxygen atoms in total. The normalized spacial score (nSPS) is 11.9. The summed E-state index contributed by atoms with van der Waals surface area (Å²) in [5.74, 6) is 1.80. The Morgan fingerprint density at radius 3 is 1.48 bits per heavy atom. The second-order valence-electron chi connectivity index (χ2n) is 15.9. The molecule has 62 heavy (non-hydrogen) atoms. The Kier molecular flexibility index (Phi) is 7.54. The molecule has 13 rings (SSSR count). The molecule has 5 heteroatoms. The van der Waals surface area contributed by atoms with Gasteiger partial charge in [-0.05, 0) is 68.4 Å². The second kappa shape index (κ2) is 13.6. The van der Waals surface area contributed by atoms with Gasteiger partial charge in [-0.15, -0.1) is 0 Å². The number of para-hydroxylation sites is 2. The van der Waals surface area contributed by atoms with E-state index in [1.807, 2.05) is 24.3 Å². The van der Waals surface area contributed by atoms with Gasteiger partial charge in [0.05, 0.1) is 27.8 Å². The van der Waals surface area contributed by atoms with Crippen molar-refractivity contribution in [1.29, 1.82) is 0 Å². The van der Waals surface area contributed by atoms with E-state index in [1.54, 1.807) is 0 Å². The Bertz CT molecular complexity index is 3870. The van der Waals surface area contributed by atoms with Crippen molar-refractivity contribution in [2.75, 3.05) is 0 Å².